The van der Waals surface area contributed by atoms with E-state index in [1.54, 1.807) is 35.4 Å². The summed E-state index contributed by atoms with van der Waals surface area (Å²) >= 11 is 0. The lowest BCUT2D eigenvalue weighted by Crippen LogP contribution is -2.29. The van der Waals surface area contributed by atoms with Gasteiger partial charge in [0.1, 0.15) is 16.4 Å². The van der Waals surface area contributed by atoms with Crippen LogP contribution in [-0.4, -0.2) is 19.2 Å². The van der Waals surface area contributed by atoms with Gasteiger partial charge in [-0.25, -0.2) is 0 Å². The number of carbonyl (C=O) groups is 1. The minimum absolute atomic E-state index is 0.00987. The molecule has 0 saturated heterocycles. The summed E-state index contributed by atoms with van der Waals surface area (Å²) in [5.74, 6) is 0.583. The second-order valence-electron chi connectivity index (χ2n) is 9.05. The van der Waals surface area contributed by atoms with Crippen LogP contribution >= 0.6 is 0 Å². The van der Waals surface area contributed by atoms with Gasteiger partial charge in [-0.1, -0.05) is 57.2 Å². The third-order valence-electron chi connectivity index (χ3n) is 5.98. The largest absolute Gasteiger partial charge is 0.467 e. The summed E-state index contributed by atoms with van der Waals surface area (Å²) in [6.07, 6.45) is 3.70. The van der Waals surface area contributed by atoms with Crippen molar-refractivity contribution in [1.82, 2.24) is 4.90 Å². The minimum atomic E-state index is -4.68. The molecule has 0 radical (unpaired) electrons. The molecule has 2 aromatic carbocycles. The zero-order valence-corrected chi connectivity index (χ0v) is 22.1. The van der Waals surface area contributed by atoms with Crippen molar-refractivity contribution in [2.24, 2.45) is 0 Å². The van der Waals surface area contributed by atoms with Crippen LogP contribution < -0.4 is 4.18 Å². The molecule has 0 bridgehead atoms. The molecule has 0 saturated carbocycles. The summed E-state index contributed by atoms with van der Waals surface area (Å²) in [6.45, 7) is 2.73. The maximum absolute atomic E-state index is 13.0. The van der Waals surface area contributed by atoms with Crippen LogP contribution in [0.4, 0.5) is 13.2 Å². The Morgan fingerprint density at radius 3 is 2.29 bits per heavy atom. The molecule has 0 N–H and O–H groups in total. The molecule has 6 nitrogen and oxygen atoms in total. The lowest BCUT2D eigenvalue weighted by atomic mass is 10.1. The highest BCUT2D eigenvalue weighted by Crippen LogP contribution is 2.31. The van der Waals surface area contributed by atoms with Gasteiger partial charge in [0, 0.05) is 13.0 Å². The predicted molar refractivity (Wildman–Crippen MR) is 137 cm³/mol. The smallest absolute Gasteiger partial charge is 0.416 e. The van der Waals surface area contributed by atoms with Gasteiger partial charge in [-0.05, 0) is 54.4 Å². The monoisotopic (exact) mass is 551 g/mol. The van der Waals surface area contributed by atoms with Crippen LogP contribution in [0.5, 0.6) is 5.75 Å². The number of amides is 1. The molecule has 0 aliphatic rings. The molecule has 0 aliphatic heterocycles. The van der Waals surface area contributed by atoms with Crippen LogP contribution in [0.1, 0.15) is 68.8 Å². The van der Waals surface area contributed by atoms with Gasteiger partial charge in [0.15, 0.2) is 0 Å². The van der Waals surface area contributed by atoms with Gasteiger partial charge in [-0.15, -0.1) is 0 Å². The summed E-state index contributed by atoms with van der Waals surface area (Å²) in [5, 5.41) is 0. The fourth-order valence-corrected chi connectivity index (χ4v) is 4.89. The number of furan rings is 1. The first-order valence-electron chi connectivity index (χ1n) is 12.6. The fraction of sp³-hybridized carbons (Fsp3) is 0.393. The van der Waals surface area contributed by atoms with E-state index >= 15 is 0 Å². The van der Waals surface area contributed by atoms with Crippen LogP contribution in [0.15, 0.2) is 76.2 Å². The Labute approximate surface area is 221 Å². The molecular weight excluding hydrogens is 519 g/mol. The lowest BCUT2D eigenvalue weighted by molar-refractivity contribution is -0.137. The topological polar surface area (TPSA) is 76.8 Å². The summed E-state index contributed by atoms with van der Waals surface area (Å²) in [7, 11) is -4.48. The second kappa shape index (κ2) is 13.5. The van der Waals surface area contributed by atoms with Gasteiger partial charge in [-0.2, -0.15) is 21.6 Å². The number of nitrogens with zero attached hydrogens (tertiary/aromatic N) is 1. The highest BCUT2D eigenvalue weighted by atomic mass is 32.2. The van der Waals surface area contributed by atoms with E-state index in [2.05, 4.69) is 6.92 Å². The molecular formula is C28H32F3NO5S. The highest BCUT2D eigenvalue weighted by Gasteiger charge is 2.32. The molecule has 3 aromatic rings. The third-order valence-corrected chi connectivity index (χ3v) is 7.22. The molecule has 0 spiro atoms. The molecule has 3 rings (SSSR count). The lowest BCUT2D eigenvalue weighted by Gasteiger charge is -2.22. The van der Waals surface area contributed by atoms with E-state index in [1.807, 2.05) is 0 Å². The SMILES string of the molecule is CCCCCCCCC(=O)N(Cc1ccc(OS(=O)(=O)c2cccc(C(F)(F)F)c2)cc1)Cc1ccco1. The van der Waals surface area contributed by atoms with Gasteiger partial charge < -0.3 is 13.5 Å². The van der Waals surface area contributed by atoms with Crippen molar-refractivity contribution in [1.29, 1.82) is 0 Å². The van der Waals surface area contributed by atoms with Crippen LogP contribution in [0, 0.1) is 0 Å². The number of halogens is 3. The summed E-state index contributed by atoms with van der Waals surface area (Å²) in [4.78, 5) is 14.1. The Kier molecular flexibility index (Phi) is 10.4. The molecule has 1 aromatic heterocycles. The van der Waals surface area contributed by atoms with Crippen molar-refractivity contribution in [3.8, 4) is 5.75 Å². The molecule has 1 heterocycles. The maximum Gasteiger partial charge on any atom is 0.416 e. The number of rotatable bonds is 14. The first kappa shape index (κ1) is 29.3. The van der Waals surface area contributed by atoms with Gasteiger partial charge in [0.25, 0.3) is 0 Å². The van der Waals surface area contributed by atoms with Crippen LogP contribution in [-0.2, 0) is 34.2 Å². The van der Waals surface area contributed by atoms with Crippen molar-refractivity contribution < 1.29 is 35.0 Å². The van der Waals surface area contributed by atoms with E-state index in [0.717, 1.165) is 49.4 Å². The second-order valence-corrected chi connectivity index (χ2v) is 10.6. The van der Waals surface area contributed by atoms with Gasteiger partial charge >= 0.3 is 16.3 Å². The molecule has 0 aliphatic carbocycles. The Balaban J connectivity index is 1.65. The maximum atomic E-state index is 13.0. The Morgan fingerprint density at radius 1 is 0.921 bits per heavy atom. The Morgan fingerprint density at radius 2 is 1.63 bits per heavy atom. The zero-order valence-electron chi connectivity index (χ0n) is 21.2. The third kappa shape index (κ3) is 8.93. The summed E-state index contributed by atoms with van der Waals surface area (Å²) < 4.78 is 74.5. The highest BCUT2D eigenvalue weighted by molar-refractivity contribution is 7.87. The van der Waals surface area contributed by atoms with Crippen molar-refractivity contribution in [2.75, 3.05) is 0 Å². The standard InChI is InChI=1S/C28H32F3NO5S/c1-2-3-4-5-6-7-13-27(33)32(21-25-11-9-18-36-25)20-22-14-16-24(17-15-22)37-38(34,35)26-12-8-10-23(19-26)28(29,30)31/h8-12,14-19H,2-7,13,20-21H2,1H3. The van der Waals surface area contributed by atoms with E-state index in [4.69, 9.17) is 8.60 Å². The van der Waals surface area contributed by atoms with Crippen molar-refractivity contribution >= 4 is 16.0 Å². The van der Waals surface area contributed by atoms with Crippen LogP contribution in [0.25, 0.3) is 0 Å². The van der Waals surface area contributed by atoms with Gasteiger partial charge in [-0.3, -0.25) is 4.79 Å². The fourth-order valence-electron chi connectivity index (χ4n) is 3.91. The normalized spacial score (nSPS) is 11.9. The number of carbonyl (C=O) groups excluding carboxylic acids is 1. The molecule has 38 heavy (non-hydrogen) atoms. The molecule has 10 heteroatoms. The van der Waals surface area contributed by atoms with Crippen LogP contribution in [0.2, 0.25) is 0 Å². The molecule has 0 atom stereocenters. The number of benzene rings is 2. The molecule has 206 valence electrons. The average molecular weight is 552 g/mol. The first-order chi connectivity index (χ1) is 18.1. The average Bonchev–Trinajstić information content (AvgIpc) is 3.39. The Hall–Kier alpha value is -3.27. The molecule has 0 unspecified atom stereocenters. The number of alkyl halides is 3. The van der Waals surface area contributed by atoms with E-state index in [-0.39, 0.29) is 18.2 Å². The van der Waals surface area contributed by atoms with Crippen molar-refractivity contribution in [2.45, 2.75) is 76.0 Å². The number of unbranched alkanes of at least 4 members (excludes halogenated alkanes) is 5. The van der Waals surface area contributed by atoms with Crippen molar-refractivity contribution in [3.63, 3.8) is 0 Å². The predicted octanol–water partition coefficient (Wildman–Crippen LogP) is 7.35. The first-order valence-corrected chi connectivity index (χ1v) is 14.0. The van der Waals surface area contributed by atoms with E-state index < -0.39 is 26.8 Å². The van der Waals surface area contributed by atoms with Gasteiger partial charge in [0.05, 0.1) is 18.4 Å². The Bertz CT molecular complexity index is 1260. The van der Waals surface area contributed by atoms with E-state index in [1.165, 1.54) is 25.0 Å². The van der Waals surface area contributed by atoms with E-state index in [9.17, 15) is 26.4 Å². The number of hydrogen-bond donors (Lipinski definition) is 0. The van der Waals surface area contributed by atoms with E-state index in [0.29, 0.717) is 24.8 Å². The minimum Gasteiger partial charge on any atom is -0.467 e. The number of hydrogen-bond acceptors (Lipinski definition) is 5. The molecule has 1 amide bonds. The zero-order chi connectivity index (χ0) is 27.6. The summed E-state index contributed by atoms with van der Waals surface area (Å²) in [6, 6.07) is 13.0. The quantitative estimate of drug-likeness (QED) is 0.155. The van der Waals surface area contributed by atoms with Crippen molar-refractivity contribution in [3.05, 3.63) is 83.8 Å². The van der Waals surface area contributed by atoms with Gasteiger partial charge in [0.2, 0.25) is 5.91 Å². The molecule has 0 fully saturated rings. The summed E-state index contributed by atoms with van der Waals surface area (Å²) in [5.41, 5.74) is -0.350. The van der Waals surface area contributed by atoms with Crippen LogP contribution in [0.3, 0.4) is 0 Å².